The third kappa shape index (κ3) is 1.92. The normalized spacial score (nSPS) is 40.5. The van der Waals surface area contributed by atoms with Gasteiger partial charge in [0.25, 0.3) is 0 Å². The van der Waals surface area contributed by atoms with E-state index in [1.54, 1.807) is 0 Å². The van der Waals surface area contributed by atoms with E-state index in [1.165, 1.54) is 62.9 Å². The lowest BCUT2D eigenvalue weighted by atomic mass is 9.49. The van der Waals surface area contributed by atoms with Gasteiger partial charge in [0.15, 0.2) is 0 Å². The first-order valence-electron chi connectivity index (χ1n) is 8.81. The first-order chi connectivity index (χ1) is 10.2. The van der Waals surface area contributed by atoms with Crippen LogP contribution in [-0.2, 0) is 5.41 Å². The average molecular weight is 283 g/mol. The maximum Gasteiger partial charge on any atom is 0.137 e. The summed E-state index contributed by atoms with van der Waals surface area (Å²) in [5, 5.41) is 3.27. The van der Waals surface area contributed by atoms with Gasteiger partial charge in [0.05, 0.1) is 0 Å². The van der Waals surface area contributed by atoms with Crippen LogP contribution in [0.5, 0.6) is 0 Å². The molecule has 5 aliphatic rings. The van der Waals surface area contributed by atoms with Gasteiger partial charge in [0.2, 0.25) is 0 Å². The van der Waals surface area contributed by atoms with E-state index in [1.807, 2.05) is 7.05 Å². The third-order valence-corrected chi connectivity index (χ3v) is 6.51. The van der Waals surface area contributed by atoms with Crippen molar-refractivity contribution in [3.05, 3.63) is 17.6 Å². The highest BCUT2D eigenvalue weighted by atomic mass is 15.0. The number of nitrogens with zero attached hydrogens (tertiary/aromatic N) is 2. The maximum atomic E-state index is 5.08. The lowest BCUT2D eigenvalue weighted by molar-refractivity contribution is -0.00942. The minimum atomic E-state index is 0.325. The highest BCUT2D eigenvalue weighted by molar-refractivity contribution is 5.39. The number of anilines is 1. The Morgan fingerprint density at radius 2 is 1.62 bits per heavy atom. The second kappa shape index (κ2) is 4.21. The molecular formula is C18H25N3. The van der Waals surface area contributed by atoms with Crippen molar-refractivity contribution >= 4 is 5.82 Å². The van der Waals surface area contributed by atoms with Crippen LogP contribution in [0.3, 0.4) is 0 Å². The van der Waals surface area contributed by atoms with Crippen molar-refractivity contribution in [1.82, 2.24) is 9.97 Å². The number of rotatable bonds is 3. The van der Waals surface area contributed by atoms with Crippen LogP contribution in [0.15, 0.2) is 6.07 Å². The molecule has 5 aliphatic carbocycles. The Balaban J connectivity index is 1.58. The summed E-state index contributed by atoms with van der Waals surface area (Å²) in [7, 11) is 1.99. The van der Waals surface area contributed by atoms with E-state index in [2.05, 4.69) is 11.4 Å². The Labute approximate surface area is 127 Å². The standard InChI is InChI=1S/C18H25N3/c1-19-16-7-15(14-2-3-14)20-17(21-16)18-8-11-4-12(9-18)6-13(5-11)10-18/h7,11-14H,2-6,8-10H2,1H3,(H,19,20,21). The lowest BCUT2D eigenvalue weighted by Crippen LogP contribution is -2.49. The molecule has 0 unspecified atom stereocenters. The van der Waals surface area contributed by atoms with Gasteiger partial charge in [0, 0.05) is 30.1 Å². The smallest absolute Gasteiger partial charge is 0.137 e. The minimum absolute atomic E-state index is 0.325. The first kappa shape index (κ1) is 12.4. The molecule has 21 heavy (non-hydrogen) atoms. The quantitative estimate of drug-likeness (QED) is 0.915. The van der Waals surface area contributed by atoms with E-state index >= 15 is 0 Å². The van der Waals surface area contributed by atoms with Gasteiger partial charge >= 0.3 is 0 Å². The molecule has 0 aromatic carbocycles. The summed E-state index contributed by atoms with van der Waals surface area (Å²) in [5.74, 6) is 5.83. The predicted molar refractivity (Wildman–Crippen MR) is 83.4 cm³/mol. The molecule has 3 heteroatoms. The molecule has 0 radical (unpaired) electrons. The molecule has 1 aromatic heterocycles. The summed E-state index contributed by atoms with van der Waals surface area (Å²) in [4.78, 5) is 10.0. The Bertz CT molecular complexity index is 541. The molecule has 1 N–H and O–H groups in total. The van der Waals surface area contributed by atoms with E-state index < -0.39 is 0 Å². The predicted octanol–water partition coefficient (Wildman–Crippen LogP) is 3.86. The molecule has 0 amide bonds. The van der Waals surface area contributed by atoms with Crippen molar-refractivity contribution in [3.63, 3.8) is 0 Å². The third-order valence-electron chi connectivity index (χ3n) is 6.51. The molecule has 0 spiro atoms. The van der Waals surface area contributed by atoms with Crippen LogP contribution in [0, 0.1) is 17.8 Å². The Morgan fingerprint density at radius 3 is 2.14 bits per heavy atom. The zero-order chi connectivity index (χ0) is 14.0. The molecule has 1 aromatic rings. The van der Waals surface area contributed by atoms with Gasteiger partial charge in [-0.25, -0.2) is 9.97 Å². The molecule has 3 nitrogen and oxygen atoms in total. The summed E-state index contributed by atoms with van der Waals surface area (Å²) < 4.78 is 0. The second-order valence-corrected chi connectivity index (χ2v) is 8.22. The van der Waals surface area contributed by atoms with Crippen LogP contribution >= 0.6 is 0 Å². The van der Waals surface area contributed by atoms with E-state index in [-0.39, 0.29) is 0 Å². The fourth-order valence-corrected chi connectivity index (χ4v) is 5.80. The number of hydrogen-bond acceptors (Lipinski definition) is 3. The highest BCUT2D eigenvalue weighted by Crippen LogP contribution is 2.60. The lowest BCUT2D eigenvalue weighted by Gasteiger charge is -2.56. The molecule has 1 heterocycles. The zero-order valence-electron chi connectivity index (χ0n) is 12.9. The van der Waals surface area contributed by atoms with E-state index in [0.717, 1.165) is 23.6 Å². The van der Waals surface area contributed by atoms with E-state index in [9.17, 15) is 0 Å². The fraction of sp³-hybridized carbons (Fsp3) is 0.778. The Hall–Kier alpha value is -1.12. The van der Waals surface area contributed by atoms with Crippen LogP contribution in [-0.4, -0.2) is 17.0 Å². The van der Waals surface area contributed by atoms with Crippen molar-refractivity contribution in [3.8, 4) is 0 Å². The molecule has 6 rings (SSSR count). The van der Waals surface area contributed by atoms with Crippen LogP contribution in [0.25, 0.3) is 0 Å². The summed E-state index contributed by atoms with van der Waals surface area (Å²) in [6, 6.07) is 2.18. The van der Waals surface area contributed by atoms with Gasteiger partial charge in [-0.1, -0.05) is 0 Å². The SMILES string of the molecule is CNc1cc(C2CC2)nc(C23CC4CC(CC(C4)C2)C3)n1. The van der Waals surface area contributed by atoms with Crippen molar-refractivity contribution in [2.24, 2.45) is 17.8 Å². The maximum absolute atomic E-state index is 5.08. The monoisotopic (exact) mass is 283 g/mol. The summed E-state index contributed by atoms with van der Waals surface area (Å²) in [6.45, 7) is 0. The molecule has 5 saturated carbocycles. The van der Waals surface area contributed by atoms with Gasteiger partial charge in [0.1, 0.15) is 11.6 Å². The van der Waals surface area contributed by atoms with Crippen molar-refractivity contribution in [2.75, 3.05) is 12.4 Å². The minimum Gasteiger partial charge on any atom is -0.373 e. The average Bonchev–Trinajstić information content (AvgIpc) is 3.30. The molecule has 112 valence electrons. The zero-order valence-corrected chi connectivity index (χ0v) is 12.9. The highest BCUT2D eigenvalue weighted by Gasteiger charge is 2.53. The Kier molecular flexibility index (Phi) is 2.49. The van der Waals surface area contributed by atoms with Crippen LogP contribution in [0.1, 0.15) is 68.8 Å². The van der Waals surface area contributed by atoms with Crippen molar-refractivity contribution in [2.45, 2.75) is 62.7 Å². The first-order valence-corrected chi connectivity index (χ1v) is 8.81. The fourth-order valence-electron chi connectivity index (χ4n) is 5.80. The van der Waals surface area contributed by atoms with Crippen LogP contribution in [0.2, 0.25) is 0 Å². The molecule has 4 bridgehead atoms. The molecule has 0 aliphatic heterocycles. The topological polar surface area (TPSA) is 37.8 Å². The molecule has 5 fully saturated rings. The van der Waals surface area contributed by atoms with E-state index in [0.29, 0.717) is 11.3 Å². The summed E-state index contributed by atoms with van der Waals surface area (Å²) >= 11 is 0. The van der Waals surface area contributed by atoms with Crippen molar-refractivity contribution < 1.29 is 0 Å². The molecule has 0 atom stereocenters. The summed E-state index contributed by atoms with van der Waals surface area (Å²) in [5.41, 5.74) is 1.63. The number of aromatic nitrogens is 2. The second-order valence-electron chi connectivity index (χ2n) is 8.22. The number of nitrogens with one attached hydrogen (secondary N) is 1. The Morgan fingerprint density at radius 1 is 1.00 bits per heavy atom. The van der Waals surface area contributed by atoms with Crippen molar-refractivity contribution in [1.29, 1.82) is 0 Å². The van der Waals surface area contributed by atoms with Gasteiger partial charge in [-0.15, -0.1) is 0 Å². The van der Waals surface area contributed by atoms with Gasteiger partial charge in [-0.3, -0.25) is 0 Å². The van der Waals surface area contributed by atoms with Gasteiger partial charge in [-0.2, -0.15) is 0 Å². The number of hydrogen-bond donors (Lipinski definition) is 1. The largest absolute Gasteiger partial charge is 0.373 e. The van der Waals surface area contributed by atoms with Crippen LogP contribution < -0.4 is 5.32 Å². The van der Waals surface area contributed by atoms with E-state index in [4.69, 9.17) is 9.97 Å². The summed E-state index contributed by atoms with van der Waals surface area (Å²) in [6.07, 6.45) is 11.2. The molecular weight excluding hydrogens is 258 g/mol. The van der Waals surface area contributed by atoms with Gasteiger partial charge in [-0.05, 0) is 69.1 Å². The van der Waals surface area contributed by atoms with Crippen LogP contribution in [0.4, 0.5) is 5.82 Å². The molecule has 0 saturated heterocycles. The van der Waals surface area contributed by atoms with Gasteiger partial charge < -0.3 is 5.32 Å².